The van der Waals surface area contributed by atoms with Crippen molar-refractivity contribution in [2.75, 3.05) is 18.5 Å². The molecule has 1 aromatic heterocycles. The van der Waals surface area contributed by atoms with Crippen molar-refractivity contribution in [3.05, 3.63) is 30.0 Å². The minimum atomic E-state index is -2.97. The number of hydrogen-bond acceptors (Lipinski definition) is 5. The molecule has 0 aliphatic carbocycles. The van der Waals surface area contributed by atoms with Crippen LogP contribution < -0.4 is 9.64 Å². The quantitative estimate of drug-likeness (QED) is 0.880. The standard InChI is InChI=1S/C15H13F2N3O3/c1-20(5-4-13(21)22)14-9(7-18)8-19-12-3-2-10(6-11(12)14)23-15(16)17/h2-3,6,8,15H,4-5H2,1H3,(H,21,22). The fraction of sp³-hybridized carbons (Fsp3) is 0.267. The van der Waals surface area contributed by atoms with E-state index in [2.05, 4.69) is 9.72 Å². The molecule has 0 radical (unpaired) electrons. The summed E-state index contributed by atoms with van der Waals surface area (Å²) in [5.41, 5.74) is 1.14. The highest BCUT2D eigenvalue weighted by Gasteiger charge is 2.15. The van der Waals surface area contributed by atoms with Gasteiger partial charge in [-0.1, -0.05) is 0 Å². The number of rotatable bonds is 6. The Kier molecular flexibility index (Phi) is 4.91. The first-order valence-electron chi connectivity index (χ1n) is 6.63. The smallest absolute Gasteiger partial charge is 0.387 e. The van der Waals surface area contributed by atoms with Gasteiger partial charge in [-0.2, -0.15) is 14.0 Å². The van der Waals surface area contributed by atoms with E-state index in [-0.39, 0.29) is 24.3 Å². The van der Waals surface area contributed by atoms with Crippen molar-refractivity contribution in [1.82, 2.24) is 4.98 Å². The van der Waals surface area contributed by atoms with Gasteiger partial charge in [-0.15, -0.1) is 0 Å². The second kappa shape index (κ2) is 6.87. The Morgan fingerprint density at radius 2 is 2.26 bits per heavy atom. The third-order valence-corrected chi connectivity index (χ3v) is 3.20. The van der Waals surface area contributed by atoms with Crippen LogP contribution in [0.1, 0.15) is 12.0 Å². The zero-order valence-corrected chi connectivity index (χ0v) is 12.2. The van der Waals surface area contributed by atoms with Crippen molar-refractivity contribution in [2.45, 2.75) is 13.0 Å². The maximum Gasteiger partial charge on any atom is 0.387 e. The van der Waals surface area contributed by atoms with Gasteiger partial charge in [0, 0.05) is 25.2 Å². The molecule has 0 saturated carbocycles. The predicted molar refractivity (Wildman–Crippen MR) is 78.6 cm³/mol. The van der Waals surface area contributed by atoms with Crippen LogP contribution in [0.3, 0.4) is 0 Å². The number of anilines is 1. The number of fused-ring (bicyclic) bond motifs is 1. The largest absolute Gasteiger partial charge is 0.481 e. The highest BCUT2D eigenvalue weighted by atomic mass is 19.3. The number of benzene rings is 1. The third kappa shape index (κ3) is 3.83. The molecule has 8 heteroatoms. The number of hydrogen-bond donors (Lipinski definition) is 1. The second-order valence-corrected chi connectivity index (χ2v) is 4.76. The molecular formula is C15H13F2N3O3. The molecule has 6 nitrogen and oxygen atoms in total. The number of nitriles is 1. The van der Waals surface area contributed by atoms with Crippen LogP contribution in [0, 0.1) is 11.3 Å². The van der Waals surface area contributed by atoms with Gasteiger partial charge < -0.3 is 14.7 Å². The first-order valence-corrected chi connectivity index (χ1v) is 6.63. The molecule has 120 valence electrons. The molecule has 1 aromatic carbocycles. The molecule has 0 atom stereocenters. The van der Waals surface area contributed by atoms with Crippen molar-refractivity contribution in [2.24, 2.45) is 0 Å². The van der Waals surface area contributed by atoms with Crippen LogP contribution >= 0.6 is 0 Å². The van der Waals surface area contributed by atoms with E-state index in [1.165, 1.54) is 24.4 Å². The van der Waals surface area contributed by atoms with Crippen molar-refractivity contribution in [3.8, 4) is 11.8 Å². The van der Waals surface area contributed by atoms with Crippen LogP contribution in [0.5, 0.6) is 5.75 Å². The average molecular weight is 321 g/mol. The topological polar surface area (TPSA) is 86.5 Å². The van der Waals surface area contributed by atoms with Gasteiger partial charge in [-0.25, -0.2) is 0 Å². The van der Waals surface area contributed by atoms with Crippen LogP contribution in [-0.4, -0.2) is 36.3 Å². The molecule has 0 spiro atoms. The number of halogens is 2. The van der Waals surface area contributed by atoms with Gasteiger partial charge in [0.25, 0.3) is 0 Å². The summed E-state index contributed by atoms with van der Waals surface area (Å²) in [7, 11) is 1.62. The van der Waals surface area contributed by atoms with Crippen molar-refractivity contribution < 1.29 is 23.4 Å². The van der Waals surface area contributed by atoms with E-state index in [0.717, 1.165) is 0 Å². The second-order valence-electron chi connectivity index (χ2n) is 4.76. The molecule has 0 bridgehead atoms. The monoisotopic (exact) mass is 321 g/mol. The number of ether oxygens (including phenoxy) is 1. The molecule has 0 unspecified atom stereocenters. The van der Waals surface area contributed by atoms with Gasteiger partial charge in [-0.3, -0.25) is 9.78 Å². The zero-order valence-electron chi connectivity index (χ0n) is 12.2. The molecule has 0 aliphatic rings. The van der Waals surface area contributed by atoms with Crippen molar-refractivity contribution in [3.63, 3.8) is 0 Å². The van der Waals surface area contributed by atoms with Gasteiger partial charge in [-0.05, 0) is 18.2 Å². The van der Waals surface area contributed by atoms with Gasteiger partial charge in [0.05, 0.1) is 23.2 Å². The van der Waals surface area contributed by atoms with E-state index in [4.69, 9.17) is 5.11 Å². The normalized spacial score (nSPS) is 10.6. The highest BCUT2D eigenvalue weighted by molar-refractivity contribution is 5.95. The maximum atomic E-state index is 12.4. The summed E-state index contributed by atoms with van der Waals surface area (Å²) in [5.74, 6) is -1.03. The van der Waals surface area contributed by atoms with Gasteiger partial charge in [0.1, 0.15) is 11.8 Å². The minimum absolute atomic E-state index is 0.0581. The molecule has 0 aliphatic heterocycles. The van der Waals surface area contributed by atoms with Gasteiger partial charge in [0.2, 0.25) is 0 Å². The summed E-state index contributed by atoms with van der Waals surface area (Å²) in [5, 5.41) is 18.5. The molecular weight excluding hydrogens is 308 g/mol. The first kappa shape index (κ1) is 16.4. The Bertz CT molecular complexity index is 774. The molecule has 2 aromatic rings. The van der Waals surface area contributed by atoms with E-state index in [0.29, 0.717) is 16.6 Å². The maximum absolute atomic E-state index is 12.4. The van der Waals surface area contributed by atoms with Crippen LogP contribution in [0.25, 0.3) is 10.9 Å². The Hall–Kier alpha value is -2.95. The number of aliphatic carboxylic acids is 1. The van der Waals surface area contributed by atoms with Gasteiger partial charge >= 0.3 is 12.6 Å². The van der Waals surface area contributed by atoms with Crippen LogP contribution in [0.2, 0.25) is 0 Å². The number of pyridine rings is 1. The Balaban J connectivity index is 2.53. The van der Waals surface area contributed by atoms with Gasteiger partial charge in [0.15, 0.2) is 0 Å². The fourth-order valence-corrected chi connectivity index (χ4v) is 2.20. The number of carboxylic acid groups (broad SMARTS) is 1. The number of carbonyl (C=O) groups is 1. The lowest BCUT2D eigenvalue weighted by atomic mass is 10.1. The molecule has 0 fully saturated rings. The lowest BCUT2D eigenvalue weighted by Crippen LogP contribution is -2.22. The van der Waals surface area contributed by atoms with Crippen molar-refractivity contribution >= 4 is 22.6 Å². The summed E-state index contributed by atoms with van der Waals surface area (Å²) in [6.07, 6.45) is 1.24. The van der Waals surface area contributed by atoms with Crippen LogP contribution in [0.4, 0.5) is 14.5 Å². The molecule has 0 saturated heterocycles. The summed E-state index contributed by atoms with van der Waals surface area (Å²) in [6.45, 7) is -2.81. The summed E-state index contributed by atoms with van der Waals surface area (Å²) >= 11 is 0. The van der Waals surface area contributed by atoms with E-state index in [9.17, 15) is 18.8 Å². The Morgan fingerprint density at radius 3 is 2.87 bits per heavy atom. The predicted octanol–water partition coefficient (Wildman–Crippen LogP) is 2.62. The van der Waals surface area contributed by atoms with Crippen molar-refractivity contribution in [1.29, 1.82) is 5.26 Å². The lowest BCUT2D eigenvalue weighted by Gasteiger charge is -2.21. The number of aromatic nitrogens is 1. The van der Waals surface area contributed by atoms with E-state index >= 15 is 0 Å². The zero-order chi connectivity index (χ0) is 17.0. The first-order chi connectivity index (χ1) is 10.9. The highest BCUT2D eigenvalue weighted by Crippen LogP contribution is 2.31. The fourth-order valence-electron chi connectivity index (χ4n) is 2.20. The van der Waals surface area contributed by atoms with E-state index in [1.54, 1.807) is 11.9 Å². The number of carboxylic acids is 1. The summed E-state index contributed by atoms with van der Waals surface area (Å²) < 4.78 is 29.1. The Labute approximate surface area is 130 Å². The molecule has 2 rings (SSSR count). The molecule has 1 N–H and O–H groups in total. The number of alkyl halides is 2. The SMILES string of the molecule is CN(CCC(=O)O)c1c(C#N)cnc2ccc(OC(F)F)cc12. The molecule has 1 heterocycles. The summed E-state index contributed by atoms with van der Waals surface area (Å²) in [6, 6.07) is 6.20. The lowest BCUT2D eigenvalue weighted by molar-refractivity contribution is -0.136. The minimum Gasteiger partial charge on any atom is -0.481 e. The third-order valence-electron chi connectivity index (χ3n) is 3.20. The molecule has 0 amide bonds. The van der Waals surface area contributed by atoms with E-state index < -0.39 is 12.6 Å². The average Bonchev–Trinajstić information content (AvgIpc) is 2.50. The van der Waals surface area contributed by atoms with E-state index in [1.807, 2.05) is 6.07 Å². The summed E-state index contributed by atoms with van der Waals surface area (Å²) in [4.78, 5) is 16.4. The van der Waals surface area contributed by atoms with Crippen LogP contribution in [0.15, 0.2) is 24.4 Å². The Morgan fingerprint density at radius 1 is 1.52 bits per heavy atom. The van der Waals surface area contributed by atoms with Crippen LogP contribution in [-0.2, 0) is 4.79 Å². The molecule has 23 heavy (non-hydrogen) atoms. The number of nitrogens with zero attached hydrogens (tertiary/aromatic N) is 3.